The molecule has 0 aliphatic heterocycles. The van der Waals surface area contributed by atoms with Crippen molar-refractivity contribution in [3.63, 3.8) is 0 Å². The second kappa shape index (κ2) is 8.43. The van der Waals surface area contributed by atoms with Crippen molar-refractivity contribution in [3.8, 4) is 17.4 Å². The Balaban J connectivity index is 1.19. The van der Waals surface area contributed by atoms with E-state index in [1.165, 1.54) is 5.56 Å². The van der Waals surface area contributed by atoms with Crippen LogP contribution in [-0.2, 0) is 19.4 Å². The molecule has 0 atom stereocenters. The number of ether oxygens (including phenoxy) is 1. The summed E-state index contributed by atoms with van der Waals surface area (Å²) < 4.78 is 17.6. The number of tetrazole rings is 1. The van der Waals surface area contributed by atoms with Crippen molar-refractivity contribution < 1.29 is 13.6 Å². The number of nitrogens with zero attached hydrogens (tertiary/aromatic N) is 4. The Labute approximate surface area is 178 Å². The lowest BCUT2D eigenvalue weighted by atomic mass is 10.1. The molecular formula is C23H21N5O3. The molecule has 0 amide bonds. The molecule has 0 saturated carbocycles. The number of nitrogens with one attached hydrogen (secondary N) is 1. The normalized spacial score (nSPS) is 11.3. The van der Waals surface area contributed by atoms with Crippen molar-refractivity contribution in [2.75, 3.05) is 0 Å². The first-order chi connectivity index (χ1) is 15.2. The van der Waals surface area contributed by atoms with Gasteiger partial charge in [0.15, 0.2) is 11.6 Å². The number of para-hydroxylation sites is 1. The van der Waals surface area contributed by atoms with E-state index in [2.05, 4.69) is 37.7 Å². The number of aromatic amines is 1. The predicted octanol–water partition coefficient (Wildman–Crippen LogP) is 4.66. The number of aryl methyl sites for hydroxylation is 3. The lowest BCUT2D eigenvalue weighted by Gasteiger charge is -2.06. The molecule has 1 N–H and O–H groups in total. The van der Waals surface area contributed by atoms with Crippen LogP contribution in [0, 0.1) is 6.92 Å². The van der Waals surface area contributed by atoms with Gasteiger partial charge in [0.2, 0.25) is 0 Å². The third-order valence-corrected chi connectivity index (χ3v) is 5.08. The Morgan fingerprint density at radius 2 is 1.87 bits per heavy atom. The molecule has 156 valence electrons. The van der Waals surface area contributed by atoms with Gasteiger partial charge in [0.25, 0.3) is 5.89 Å². The van der Waals surface area contributed by atoms with Crippen molar-refractivity contribution in [2.45, 2.75) is 32.8 Å². The summed E-state index contributed by atoms with van der Waals surface area (Å²) in [5.41, 5.74) is 2.80. The van der Waals surface area contributed by atoms with Gasteiger partial charge < -0.3 is 13.6 Å². The van der Waals surface area contributed by atoms with Crippen LogP contribution in [0.15, 0.2) is 63.4 Å². The first-order valence-electron chi connectivity index (χ1n) is 10.1. The summed E-state index contributed by atoms with van der Waals surface area (Å²) in [6, 6.07) is 17.9. The van der Waals surface area contributed by atoms with E-state index in [0.717, 1.165) is 47.5 Å². The fourth-order valence-electron chi connectivity index (χ4n) is 3.40. The smallest absolute Gasteiger partial charge is 0.263 e. The summed E-state index contributed by atoms with van der Waals surface area (Å²) in [7, 11) is 0. The standard InChI is InChI=1S/C23H21N5O3/c1-15-19(24-23(30-15)21-13-17-6-2-3-7-20(17)31-21)14-29-18-11-9-16(10-12-18)5-4-8-22-25-27-28-26-22/h2-3,6-7,9-13H,4-5,8,14H2,1H3,(H,25,26,27,28). The average Bonchev–Trinajstić information content (AvgIpc) is 3.53. The maximum absolute atomic E-state index is 5.91. The number of hydrogen-bond donors (Lipinski definition) is 1. The highest BCUT2D eigenvalue weighted by Crippen LogP contribution is 2.29. The van der Waals surface area contributed by atoms with Crippen LogP contribution in [0.2, 0.25) is 0 Å². The Kier molecular flexibility index (Phi) is 5.18. The van der Waals surface area contributed by atoms with E-state index in [1.807, 2.05) is 49.4 Å². The molecule has 0 unspecified atom stereocenters. The van der Waals surface area contributed by atoms with Crippen molar-refractivity contribution in [1.82, 2.24) is 25.6 Å². The largest absolute Gasteiger partial charge is 0.487 e. The van der Waals surface area contributed by atoms with Gasteiger partial charge in [-0.1, -0.05) is 35.5 Å². The van der Waals surface area contributed by atoms with E-state index in [9.17, 15) is 0 Å². The van der Waals surface area contributed by atoms with Crippen molar-refractivity contribution in [2.24, 2.45) is 0 Å². The third-order valence-electron chi connectivity index (χ3n) is 5.08. The number of benzene rings is 2. The Morgan fingerprint density at radius 1 is 1.00 bits per heavy atom. The second-order valence-corrected chi connectivity index (χ2v) is 7.28. The maximum Gasteiger partial charge on any atom is 0.263 e. The predicted molar refractivity (Wildman–Crippen MR) is 113 cm³/mol. The van der Waals surface area contributed by atoms with Crippen molar-refractivity contribution >= 4 is 11.0 Å². The number of furan rings is 1. The molecule has 8 heteroatoms. The molecule has 2 aromatic carbocycles. The van der Waals surface area contributed by atoms with Gasteiger partial charge >= 0.3 is 0 Å². The molecule has 3 heterocycles. The molecule has 8 nitrogen and oxygen atoms in total. The molecule has 3 aromatic heterocycles. The topological polar surface area (TPSA) is 103 Å². The van der Waals surface area contributed by atoms with E-state index in [1.54, 1.807) is 0 Å². The van der Waals surface area contributed by atoms with Gasteiger partial charge in [-0.3, -0.25) is 0 Å². The molecule has 0 saturated heterocycles. The Morgan fingerprint density at radius 3 is 2.68 bits per heavy atom. The summed E-state index contributed by atoms with van der Waals surface area (Å²) in [5, 5.41) is 15.0. The van der Waals surface area contributed by atoms with Crippen molar-refractivity contribution in [1.29, 1.82) is 0 Å². The molecular weight excluding hydrogens is 394 g/mol. The Bertz CT molecular complexity index is 1240. The second-order valence-electron chi connectivity index (χ2n) is 7.28. The molecule has 0 fully saturated rings. The van der Waals surface area contributed by atoms with E-state index in [4.69, 9.17) is 13.6 Å². The van der Waals surface area contributed by atoms with E-state index < -0.39 is 0 Å². The molecule has 0 radical (unpaired) electrons. The van der Waals surface area contributed by atoms with E-state index >= 15 is 0 Å². The summed E-state index contributed by atoms with van der Waals surface area (Å²) >= 11 is 0. The third kappa shape index (κ3) is 4.32. The van der Waals surface area contributed by atoms with Gasteiger partial charge in [0.1, 0.15) is 29.4 Å². The zero-order valence-electron chi connectivity index (χ0n) is 17.0. The van der Waals surface area contributed by atoms with Gasteiger partial charge in [-0.25, -0.2) is 4.98 Å². The number of fused-ring (bicyclic) bond motifs is 1. The number of oxazole rings is 1. The summed E-state index contributed by atoms with van der Waals surface area (Å²) in [6.45, 7) is 2.21. The summed E-state index contributed by atoms with van der Waals surface area (Å²) in [6.07, 6.45) is 2.70. The van der Waals surface area contributed by atoms with Crippen molar-refractivity contribution in [3.05, 3.63) is 77.4 Å². The van der Waals surface area contributed by atoms with Crippen LogP contribution in [-0.4, -0.2) is 25.6 Å². The molecule has 0 spiro atoms. The van der Waals surface area contributed by atoms with Crippen LogP contribution < -0.4 is 4.74 Å². The van der Waals surface area contributed by atoms with Gasteiger partial charge in [0.05, 0.1) is 0 Å². The highest BCUT2D eigenvalue weighted by Gasteiger charge is 2.16. The summed E-state index contributed by atoms with van der Waals surface area (Å²) in [4.78, 5) is 4.57. The fraction of sp³-hybridized carbons (Fsp3) is 0.217. The first kappa shape index (κ1) is 19.0. The van der Waals surface area contributed by atoms with Gasteiger partial charge in [-0.05, 0) is 49.6 Å². The number of H-pyrrole nitrogens is 1. The molecule has 31 heavy (non-hydrogen) atoms. The molecule has 5 rings (SSSR count). The molecule has 0 aliphatic rings. The van der Waals surface area contributed by atoms with E-state index in [0.29, 0.717) is 24.0 Å². The van der Waals surface area contributed by atoms with Crippen LogP contribution in [0.3, 0.4) is 0 Å². The number of aromatic nitrogens is 5. The first-order valence-corrected chi connectivity index (χ1v) is 10.1. The molecule has 0 bridgehead atoms. The quantitative estimate of drug-likeness (QED) is 0.393. The maximum atomic E-state index is 5.91. The number of hydrogen-bond acceptors (Lipinski definition) is 7. The summed E-state index contributed by atoms with van der Waals surface area (Å²) in [5.74, 6) is 3.32. The molecule has 0 aliphatic carbocycles. The van der Waals surface area contributed by atoms with Crippen LogP contribution >= 0.6 is 0 Å². The van der Waals surface area contributed by atoms with Gasteiger partial charge in [-0.15, -0.1) is 10.2 Å². The highest BCUT2D eigenvalue weighted by molar-refractivity contribution is 5.81. The Hall–Kier alpha value is -3.94. The average molecular weight is 415 g/mol. The van der Waals surface area contributed by atoms with Crippen LogP contribution in [0.5, 0.6) is 5.75 Å². The van der Waals surface area contributed by atoms with Crippen LogP contribution in [0.4, 0.5) is 0 Å². The monoisotopic (exact) mass is 415 g/mol. The fourth-order valence-corrected chi connectivity index (χ4v) is 3.40. The molecule has 5 aromatic rings. The van der Waals surface area contributed by atoms with Gasteiger partial charge in [-0.2, -0.15) is 5.21 Å². The lowest BCUT2D eigenvalue weighted by Crippen LogP contribution is -1.98. The SMILES string of the molecule is Cc1oc(-c2cc3ccccc3o2)nc1COc1ccc(CCCc2nn[nH]n2)cc1. The minimum atomic E-state index is 0.326. The lowest BCUT2D eigenvalue weighted by molar-refractivity contribution is 0.299. The van der Waals surface area contributed by atoms with Crippen LogP contribution in [0.1, 0.15) is 29.3 Å². The minimum absolute atomic E-state index is 0.326. The zero-order chi connectivity index (χ0) is 21.0. The number of rotatable bonds is 8. The van der Waals surface area contributed by atoms with Gasteiger partial charge in [0, 0.05) is 11.8 Å². The zero-order valence-corrected chi connectivity index (χ0v) is 17.0. The highest BCUT2D eigenvalue weighted by atomic mass is 16.5. The minimum Gasteiger partial charge on any atom is -0.487 e. The van der Waals surface area contributed by atoms with Crippen LogP contribution in [0.25, 0.3) is 22.6 Å². The van der Waals surface area contributed by atoms with E-state index in [-0.39, 0.29) is 0 Å².